The molecular weight excluding hydrogens is 373 g/mol. The Labute approximate surface area is 129 Å². The Morgan fingerprint density at radius 1 is 1.47 bits per heavy atom. The van der Waals surface area contributed by atoms with Gasteiger partial charge in [0, 0.05) is 22.9 Å². The number of halogens is 1. The molecule has 1 heterocycles. The quantitative estimate of drug-likeness (QED) is 0.790. The number of rotatable bonds is 4. The number of hydrogen-bond acceptors (Lipinski definition) is 3. The van der Waals surface area contributed by atoms with Crippen LogP contribution in [0.15, 0.2) is 35.7 Å². The van der Waals surface area contributed by atoms with E-state index in [0.717, 1.165) is 9.99 Å². The number of aromatic hydroxyl groups is 1. The number of carbonyl (C=O) groups is 1. The monoisotopic (exact) mass is 387 g/mol. The third kappa shape index (κ3) is 3.94. The van der Waals surface area contributed by atoms with Gasteiger partial charge in [0.1, 0.15) is 5.75 Å². The van der Waals surface area contributed by atoms with Crippen molar-refractivity contribution >= 4 is 39.8 Å². The molecule has 0 saturated carbocycles. The van der Waals surface area contributed by atoms with Crippen LogP contribution in [0.3, 0.4) is 0 Å². The molecule has 1 unspecified atom stereocenters. The number of phenolic OH excluding ortho intramolecular Hbond substituents is 1. The smallest absolute Gasteiger partial charge is 0.251 e. The molecule has 2 rings (SSSR count). The van der Waals surface area contributed by atoms with Crippen LogP contribution in [-0.4, -0.2) is 17.1 Å². The fraction of sp³-hybridized carbons (Fsp3) is 0.214. The second-order valence-electron chi connectivity index (χ2n) is 4.32. The van der Waals surface area contributed by atoms with Crippen LogP contribution in [-0.2, 0) is 6.42 Å². The number of benzene rings is 1. The van der Waals surface area contributed by atoms with E-state index < -0.39 is 0 Å². The molecule has 0 spiro atoms. The van der Waals surface area contributed by atoms with Gasteiger partial charge < -0.3 is 10.4 Å². The number of nitrogens with one attached hydrogen (secondary N) is 1. The summed E-state index contributed by atoms with van der Waals surface area (Å²) >= 11 is 3.71. The normalized spacial score (nSPS) is 12.1. The summed E-state index contributed by atoms with van der Waals surface area (Å²) in [7, 11) is 0. The molecule has 1 amide bonds. The molecule has 1 aromatic carbocycles. The van der Waals surface area contributed by atoms with E-state index in [0.29, 0.717) is 5.56 Å². The van der Waals surface area contributed by atoms with Crippen molar-refractivity contribution in [2.75, 3.05) is 0 Å². The van der Waals surface area contributed by atoms with Gasteiger partial charge in [-0.05, 0) is 59.2 Å². The molecule has 0 saturated heterocycles. The number of phenols is 1. The van der Waals surface area contributed by atoms with Crippen molar-refractivity contribution < 1.29 is 9.90 Å². The SMILES string of the molecule is CC(Cc1cccs1)NC(=O)c1ccc(I)c(O)c1. The Bertz CT molecular complexity index is 569. The van der Waals surface area contributed by atoms with Crippen molar-refractivity contribution in [3.8, 4) is 5.75 Å². The first-order valence-corrected chi connectivity index (χ1v) is 7.84. The lowest BCUT2D eigenvalue weighted by Gasteiger charge is -2.13. The lowest BCUT2D eigenvalue weighted by atomic mass is 10.1. The molecule has 1 atom stereocenters. The Morgan fingerprint density at radius 2 is 2.26 bits per heavy atom. The van der Waals surface area contributed by atoms with Crippen molar-refractivity contribution in [2.24, 2.45) is 0 Å². The van der Waals surface area contributed by atoms with E-state index in [-0.39, 0.29) is 17.7 Å². The molecule has 5 heteroatoms. The maximum absolute atomic E-state index is 12.0. The van der Waals surface area contributed by atoms with Crippen molar-refractivity contribution in [2.45, 2.75) is 19.4 Å². The first-order valence-electron chi connectivity index (χ1n) is 5.88. The summed E-state index contributed by atoms with van der Waals surface area (Å²) in [6.45, 7) is 1.98. The van der Waals surface area contributed by atoms with Crippen LogP contribution in [0.5, 0.6) is 5.75 Å². The maximum atomic E-state index is 12.0. The topological polar surface area (TPSA) is 49.3 Å². The molecule has 0 aliphatic heterocycles. The lowest BCUT2D eigenvalue weighted by Crippen LogP contribution is -2.33. The third-order valence-electron chi connectivity index (χ3n) is 2.67. The zero-order valence-corrected chi connectivity index (χ0v) is 13.4. The first-order chi connectivity index (χ1) is 9.06. The molecule has 0 bridgehead atoms. The number of amides is 1. The summed E-state index contributed by atoms with van der Waals surface area (Å²) in [5, 5.41) is 14.6. The van der Waals surface area contributed by atoms with Crippen molar-refractivity contribution in [1.82, 2.24) is 5.32 Å². The molecule has 2 aromatic rings. The van der Waals surface area contributed by atoms with Gasteiger partial charge in [-0.3, -0.25) is 4.79 Å². The predicted octanol–water partition coefficient (Wildman–Crippen LogP) is 3.42. The van der Waals surface area contributed by atoms with Crippen molar-refractivity contribution in [1.29, 1.82) is 0 Å². The Kier molecular flexibility index (Phi) is 4.81. The summed E-state index contributed by atoms with van der Waals surface area (Å²) in [5.74, 6) is -0.0186. The van der Waals surface area contributed by atoms with Gasteiger partial charge in [-0.2, -0.15) is 0 Å². The summed E-state index contributed by atoms with van der Waals surface area (Å²) in [5.41, 5.74) is 0.482. The fourth-order valence-corrected chi connectivity index (χ4v) is 2.91. The molecule has 0 aliphatic carbocycles. The largest absolute Gasteiger partial charge is 0.507 e. The molecule has 0 fully saturated rings. The van der Waals surface area contributed by atoms with Gasteiger partial charge in [0.2, 0.25) is 0 Å². The van der Waals surface area contributed by atoms with Gasteiger partial charge >= 0.3 is 0 Å². The highest BCUT2D eigenvalue weighted by atomic mass is 127. The van der Waals surface area contributed by atoms with E-state index in [9.17, 15) is 9.90 Å². The highest BCUT2D eigenvalue weighted by Crippen LogP contribution is 2.20. The molecule has 2 N–H and O–H groups in total. The van der Waals surface area contributed by atoms with Gasteiger partial charge in [0.05, 0.1) is 3.57 Å². The minimum absolute atomic E-state index is 0.0626. The molecule has 100 valence electrons. The molecule has 0 aliphatic rings. The Balaban J connectivity index is 1.98. The molecule has 1 aromatic heterocycles. The zero-order chi connectivity index (χ0) is 13.8. The number of hydrogen-bond donors (Lipinski definition) is 2. The van der Waals surface area contributed by atoms with E-state index in [2.05, 4.69) is 11.4 Å². The van der Waals surface area contributed by atoms with Gasteiger partial charge in [-0.1, -0.05) is 6.07 Å². The highest BCUT2D eigenvalue weighted by Gasteiger charge is 2.12. The van der Waals surface area contributed by atoms with Crippen LogP contribution in [0.2, 0.25) is 0 Å². The van der Waals surface area contributed by atoms with Crippen LogP contribution in [0.25, 0.3) is 0 Å². The van der Waals surface area contributed by atoms with E-state index >= 15 is 0 Å². The van der Waals surface area contributed by atoms with Gasteiger partial charge in [-0.15, -0.1) is 11.3 Å². The summed E-state index contributed by atoms with van der Waals surface area (Å²) < 4.78 is 0.737. The minimum atomic E-state index is -0.157. The van der Waals surface area contributed by atoms with Crippen molar-refractivity contribution in [3.63, 3.8) is 0 Å². The standard InChI is InChI=1S/C14H14INO2S/c1-9(7-11-3-2-6-19-11)16-14(18)10-4-5-12(15)13(17)8-10/h2-6,8-9,17H,7H2,1H3,(H,16,18). The summed E-state index contributed by atoms with van der Waals surface area (Å²) in [4.78, 5) is 13.3. The lowest BCUT2D eigenvalue weighted by molar-refractivity contribution is 0.0940. The molecule has 3 nitrogen and oxygen atoms in total. The fourth-order valence-electron chi connectivity index (χ4n) is 1.74. The zero-order valence-electron chi connectivity index (χ0n) is 10.4. The average Bonchev–Trinajstić information content (AvgIpc) is 2.85. The van der Waals surface area contributed by atoms with Crippen LogP contribution in [0.1, 0.15) is 22.2 Å². The van der Waals surface area contributed by atoms with Crippen LogP contribution < -0.4 is 5.32 Å². The predicted molar refractivity (Wildman–Crippen MR) is 85.8 cm³/mol. The average molecular weight is 387 g/mol. The third-order valence-corrected chi connectivity index (χ3v) is 4.48. The van der Waals surface area contributed by atoms with Gasteiger partial charge in [0.15, 0.2) is 0 Å². The van der Waals surface area contributed by atoms with E-state index in [1.54, 1.807) is 23.5 Å². The molecule has 0 radical (unpaired) electrons. The second kappa shape index (κ2) is 6.38. The number of thiophene rings is 1. The molecule has 19 heavy (non-hydrogen) atoms. The van der Waals surface area contributed by atoms with E-state index in [1.165, 1.54) is 10.9 Å². The van der Waals surface area contributed by atoms with Gasteiger partial charge in [-0.25, -0.2) is 0 Å². The summed E-state index contributed by atoms with van der Waals surface area (Å²) in [6.07, 6.45) is 0.819. The molecular formula is C14H14INO2S. The van der Waals surface area contributed by atoms with E-state index in [1.807, 2.05) is 41.0 Å². The van der Waals surface area contributed by atoms with Crippen molar-refractivity contribution in [3.05, 3.63) is 49.7 Å². The Hall–Kier alpha value is -1.08. The van der Waals surface area contributed by atoms with E-state index in [4.69, 9.17) is 0 Å². The highest BCUT2D eigenvalue weighted by molar-refractivity contribution is 14.1. The minimum Gasteiger partial charge on any atom is -0.507 e. The maximum Gasteiger partial charge on any atom is 0.251 e. The second-order valence-corrected chi connectivity index (χ2v) is 6.52. The van der Waals surface area contributed by atoms with Crippen LogP contribution in [0.4, 0.5) is 0 Å². The number of carbonyl (C=O) groups excluding carboxylic acids is 1. The van der Waals surface area contributed by atoms with Crippen LogP contribution in [0, 0.1) is 3.57 Å². The first kappa shape index (κ1) is 14.3. The summed E-state index contributed by atoms with van der Waals surface area (Å²) in [6, 6.07) is 9.07. The Morgan fingerprint density at radius 3 is 2.89 bits per heavy atom. The van der Waals surface area contributed by atoms with Crippen LogP contribution >= 0.6 is 33.9 Å². The van der Waals surface area contributed by atoms with Gasteiger partial charge in [0.25, 0.3) is 5.91 Å².